The van der Waals surface area contributed by atoms with Gasteiger partial charge in [-0.3, -0.25) is 14.7 Å². The molecule has 2 N–H and O–H groups in total. The third-order valence-corrected chi connectivity index (χ3v) is 5.23. The molecule has 3 aromatic rings. The first kappa shape index (κ1) is 20.6. The molecule has 1 aromatic heterocycles. The first-order valence-corrected chi connectivity index (χ1v) is 10.2. The quantitative estimate of drug-likeness (QED) is 0.640. The normalized spacial score (nSPS) is 18.1. The van der Waals surface area contributed by atoms with Crippen molar-refractivity contribution in [2.75, 3.05) is 13.2 Å². The largest absolute Gasteiger partial charge is 0.484 e. The first-order chi connectivity index (χ1) is 15.0. The summed E-state index contributed by atoms with van der Waals surface area (Å²) in [6.07, 6.45) is 0.555. The van der Waals surface area contributed by atoms with Crippen molar-refractivity contribution in [1.29, 1.82) is 0 Å². The summed E-state index contributed by atoms with van der Waals surface area (Å²) in [5, 5.41) is 10.2. The van der Waals surface area contributed by atoms with E-state index in [4.69, 9.17) is 4.74 Å². The molecule has 1 aliphatic heterocycles. The third kappa shape index (κ3) is 4.91. The zero-order valence-corrected chi connectivity index (χ0v) is 17.5. The van der Waals surface area contributed by atoms with Crippen LogP contribution in [-0.4, -0.2) is 51.1 Å². The second-order valence-electron chi connectivity index (χ2n) is 7.71. The summed E-state index contributed by atoms with van der Waals surface area (Å²) in [6.45, 7) is 3.74. The predicted molar refractivity (Wildman–Crippen MR) is 115 cm³/mol. The molecule has 1 fully saturated rings. The standard InChI is InChI=1S/C23H25N5O3/c1-15-7-6-10-19(11-15)31-14-21(30)28-13-18(24-16(2)29)12-20(28)23-25-22(26-27-23)17-8-4-3-5-9-17/h3-11,18,20H,12-14H2,1-2H3,(H,24,29)(H,25,26,27)/t18-,20-/m0/s1. The monoisotopic (exact) mass is 419 g/mol. The van der Waals surface area contributed by atoms with E-state index in [0.29, 0.717) is 30.4 Å². The molecule has 31 heavy (non-hydrogen) atoms. The van der Waals surface area contributed by atoms with Crippen LogP contribution in [0.15, 0.2) is 54.6 Å². The van der Waals surface area contributed by atoms with Crippen LogP contribution in [0.1, 0.15) is 30.8 Å². The van der Waals surface area contributed by atoms with Gasteiger partial charge in [-0.05, 0) is 31.0 Å². The molecule has 2 atom stereocenters. The van der Waals surface area contributed by atoms with Crippen LogP contribution in [-0.2, 0) is 9.59 Å². The summed E-state index contributed by atoms with van der Waals surface area (Å²) in [5.41, 5.74) is 1.95. The number of H-pyrrole nitrogens is 1. The summed E-state index contributed by atoms with van der Waals surface area (Å²) in [7, 11) is 0. The van der Waals surface area contributed by atoms with E-state index < -0.39 is 0 Å². The van der Waals surface area contributed by atoms with Crippen molar-refractivity contribution >= 4 is 11.8 Å². The van der Waals surface area contributed by atoms with E-state index in [1.807, 2.05) is 61.5 Å². The second kappa shape index (κ2) is 8.99. The van der Waals surface area contributed by atoms with E-state index in [-0.39, 0.29) is 30.5 Å². The molecule has 2 heterocycles. The Morgan fingerprint density at radius 1 is 1.19 bits per heavy atom. The molecule has 0 unspecified atom stereocenters. The van der Waals surface area contributed by atoms with Crippen LogP contribution in [0.2, 0.25) is 0 Å². The number of carbonyl (C=O) groups is 2. The highest BCUT2D eigenvalue weighted by atomic mass is 16.5. The van der Waals surface area contributed by atoms with Gasteiger partial charge in [0.15, 0.2) is 12.4 Å². The SMILES string of the molecule is CC(=O)N[C@H]1C[C@@H](c2nc(-c3ccccc3)n[nH]2)N(C(=O)COc2cccc(C)c2)C1. The minimum Gasteiger partial charge on any atom is -0.484 e. The van der Waals surface area contributed by atoms with Gasteiger partial charge in [-0.1, -0.05) is 42.5 Å². The summed E-state index contributed by atoms with van der Waals surface area (Å²) in [4.78, 5) is 30.9. The summed E-state index contributed by atoms with van der Waals surface area (Å²) < 4.78 is 5.71. The van der Waals surface area contributed by atoms with Gasteiger partial charge < -0.3 is 15.0 Å². The Morgan fingerprint density at radius 2 is 2.00 bits per heavy atom. The van der Waals surface area contributed by atoms with Crippen molar-refractivity contribution in [2.45, 2.75) is 32.4 Å². The maximum absolute atomic E-state index is 13.0. The highest BCUT2D eigenvalue weighted by molar-refractivity contribution is 5.79. The zero-order chi connectivity index (χ0) is 21.8. The second-order valence-corrected chi connectivity index (χ2v) is 7.71. The molecule has 8 heteroatoms. The fraction of sp³-hybridized carbons (Fsp3) is 0.304. The number of aromatic amines is 1. The van der Waals surface area contributed by atoms with Gasteiger partial charge in [0.1, 0.15) is 11.6 Å². The van der Waals surface area contributed by atoms with Gasteiger partial charge in [-0.25, -0.2) is 4.98 Å². The number of aromatic nitrogens is 3. The molecule has 4 rings (SSSR count). The number of amides is 2. The fourth-order valence-electron chi connectivity index (χ4n) is 3.84. The van der Waals surface area contributed by atoms with Gasteiger partial charge in [0.05, 0.1) is 6.04 Å². The Morgan fingerprint density at radius 3 is 2.74 bits per heavy atom. The lowest BCUT2D eigenvalue weighted by molar-refractivity contribution is -0.134. The summed E-state index contributed by atoms with van der Waals surface area (Å²) in [5.74, 6) is 1.51. The van der Waals surface area contributed by atoms with Crippen LogP contribution in [0.4, 0.5) is 0 Å². The average molecular weight is 419 g/mol. The van der Waals surface area contributed by atoms with E-state index in [0.717, 1.165) is 11.1 Å². The minimum atomic E-state index is -0.324. The van der Waals surface area contributed by atoms with Crippen molar-refractivity contribution in [3.05, 3.63) is 66.0 Å². The third-order valence-electron chi connectivity index (χ3n) is 5.23. The maximum Gasteiger partial charge on any atom is 0.261 e. The maximum atomic E-state index is 13.0. The van der Waals surface area contributed by atoms with Crippen LogP contribution in [0, 0.1) is 6.92 Å². The van der Waals surface area contributed by atoms with E-state index >= 15 is 0 Å². The van der Waals surface area contributed by atoms with Crippen molar-refractivity contribution < 1.29 is 14.3 Å². The number of rotatable bonds is 6. The average Bonchev–Trinajstić information content (AvgIpc) is 3.40. The molecule has 2 aromatic carbocycles. The highest BCUT2D eigenvalue weighted by Gasteiger charge is 2.38. The number of aryl methyl sites for hydroxylation is 1. The fourth-order valence-corrected chi connectivity index (χ4v) is 3.84. The molecule has 0 aliphatic carbocycles. The van der Waals surface area contributed by atoms with Crippen molar-refractivity contribution in [2.24, 2.45) is 0 Å². The molecule has 1 aliphatic rings. The van der Waals surface area contributed by atoms with Crippen molar-refractivity contribution in [3.8, 4) is 17.1 Å². The van der Waals surface area contributed by atoms with Crippen molar-refractivity contribution in [3.63, 3.8) is 0 Å². The van der Waals surface area contributed by atoms with E-state index in [9.17, 15) is 9.59 Å². The number of hydrogen-bond donors (Lipinski definition) is 2. The highest BCUT2D eigenvalue weighted by Crippen LogP contribution is 2.31. The lowest BCUT2D eigenvalue weighted by Gasteiger charge is -2.22. The number of ether oxygens (including phenoxy) is 1. The van der Waals surface area contributed by atoms with Gasteiger partial charge >= 0.3 is 0 Å². The Balaban J connectivity index is 1.51. The topological polar surface area (TPSA) is 100 Å². The van der Waals surface area contributed by atoms with Gasteiger partial charge in [0.25, 0.3) is 5.91 Å². The van der Waals surface area contributed by atoms with Crippen LogP contribution >= 0.6 is 0 Å². The van der Waals surface area contributed by atoms with Crippen LogP contribution in [0.3, 0.4) is 0 Å². The van der Waals surface area contributed by atoms with E-state index in [2.05, 4.69) is 20.5 Å². The Labute approximate surface area is 180 Å². The lowest BCUT2D eigenvalue weighted by atomic mass is 10.1. The van der Waals surface area contributed by atoms with E-state index in [1.54, 1.807) is 4.90 Å². The number of benzene rings is 2. The van der Waals surface area contributed by atoms with Gasteiger partial charge in [-0.15, -0.1) is 0 Å². The van der Waals surface area contributed by atoms with Gasteiger partial charge in [-0.2, -0.15) is 5.10 Å². The van der Waals surface area contributed by atoms with E-state index in [1.165, 1.54) is 6.92 Å². The molecular formula is C23H25N5O3. The van der Waals surface area contributed by atoms with Gasteiger partial charge in [0.2, 0.25) is 5.91 Å². The number of hydrogen-bond acceptors (Lipinski definition) is 5. The van der Waals surface area contributed by atoms with Crippen molar-refractivity contribution in [1.82, 2.24) is 25.4 Å². The number of nitrogens with one attached hydrogen (secondary N) is 2. The smallest absolute Gasteiger partial charge is 0.261 e. The lowest BCUT2D eigenvalue weighted by Crippen LogP contribution is -2.39. The molecular weight excluding hydrogens is 394 g/mol. The Hall–Kier alpha value is -3.68. The first-order valence-electron chi connectivity index (χ1n) is 10.2. The zero-order valence-electron chi connectivity index (χ0n) is 17.5. The Bertz CT molecular complexity index is 1070. The molecule has 0 bridgehead atoms. The number of likely N-dealkylation sites (tertiary alicyclic amines) is 1. The van der Waals surface area contributed by atoms with Crippen LogP contribution < -0.4 is 10.1 Å². The molecule has 160 valence electrons. The van der Waals surface area contributed by atoms with Crippen LogP contribution in [0.25, 0.3) is 11.4 Å². The minimum absolute atomic E-state index is 0.0908. The molecule has 1 saturated heterocycles. The Kier molecular flexibility index (Phi) is 5.97. The summed E-state index contributed by atoms with van der Waals surface area (Å²) in [6, 6.07) is 16.7. The molecule has 0 radical (unpaired) electrons. The number of nitrogens with zero attached hydrogens (tertiary/aromatic N) is 3. The molecule has 0 spiro atoms. The predicted octanol–water partition coefficient (Wildman–Crippen LogP) is 2.64. The molecule has 2 amide bonds. The molecule has 0 saturated carbocycles. The number of carbonyl (C=O) groups excluding carboxylic acids is 2. The molecule has 8 nitrogen and oxygen atoms in total. The summed E-state index contributed by atoms with van der Waals surface area (Å²) >= 11 is 0. The van der Waals surface area contributed by atoms with Crippen LogP contribution in [0.5, 0.6) is 5.75 Å². The van der Waals surface area contributed by atoms with Gasteiger partial charge in [0, 0.05) is 25.1 Å².